The fourth-order valence-corrected chi connectivity index (χ4v) is 4.00. The molecule has 1 N–H and O–H groups in total. The van der Waals surface area contributed by atoms with Crippen LogP contribution in [0.25, 0.3) is 6.08 Å². The van der Waals surface area contributed by atoms with Gasteiger partial charge in [-0.25, -0.2) is 0 Å². The van der Waals surface area contributed by atoms with Crippen molar-refractivity contribution >= 4 is 39.3 Å². The Kier molecular flexibility index (Phi) is 5.62. The van der Waals surface area contributed by atoms with Crippen molar-refractivity contribution in [3.63, 3.8) is 0 Å². The maximum atomic E-state index is 12.5. The van der Waals surface area contributed by atoms with Gasteiger partial charge in [-0.3, -0.25) is 4.79 Å². The molecule has 0 saturated carbocycles. The van der Waals surface area contributed by atoms with E-state index < -0.39 is 5.91 Å². The molecule has 1 aliphatic heterocycles. The van der Waals surface area contributed by atoms with E-state index in [1.54, 1.807) is 18.2 Å². The van der Waals surface area contributed by atoms with Gasteiger partial charge in [-0.05, 0) is 79.8 Å². The third kappa shape index (κ3) is 4.13. The number of carbonyl (C=O) groups is 1. The number of benzene rings is 2. The Hall–Kier alpha value is -2.58. The number of halogens is 1. The molecule has 3 rings (SSSR count). The number of hydrogen-bond acceptors (Lipinski definition) is 3. The van der Waals surface area contributed by atoms with Gasteiger partial charge in [0.25, 0.3) is 5.91 Å². The van der Waals surface area contributed by atoms with Crippen molar-refractivity contribution in [1.82, 2.24) is 0 Å². The van der Waals surface area contributed by atoms with Crippen LogP contribution in [0, 0.1) is 11.3 Å². The molecular formula is C23H24BrN3O. The van der Waals surface area contributed by atoms with Crippen LogP contribution in [0.5, 0.6) is 0 Å². The van der Waals surface area contributed by atoms with Crippen LogP contribution in [0.4, 0.5) is 11.4 Å². The lowest BCUT2D eigenvalue weighted by atomic mass is 9.80. The molecular weight excluding hydrogens is 414 g/mol. The summed E-state index contributed by atoms with van der Waals surface area (Å²) in [5.41, 5.74) is 4.16. The highest BCUT2D eigenvalue weighted by Crippen LogP contribution is 2.42. The predicted molar refractivity (Wildman–Crippen MR) is 118 cm³/mol. The molecule has 0 aliphatic carbocycles. The van der Waals surface area contributed by atoms with Crippen molar-refractivity contribution in [1.29, 1.82) is 5.26 Å². The van der Waals surface area contributed by atoms with Gasteiger partial charge >= 0.3 is 0 Å². The van der Waals surface area contributed by atoms with Gasteiger partial charge in [-0.2, -0.15) is 5.26 Å². The van der Waals surface area contributed by atoms with Crippen LogP contribution in [-0.4, -0.2) is 18.5 Å². The molecule has 1 unspecified atom stereocenters. The van der Waals surface area contributed by atoms with Crippen molar-refractivity contribution in [2.24, 2.45) is 0 Å². The zero-order chi connectivity index (χ0) is 20.5. The van der Waals surface area contributed by atoms with Crippen molar-refractivity contribution in [3.05, 3.63) is 63.6 Å². The van der Waals surface area contributed by atoms with Crippen LogP contribution in [0.2, 0.25) is 0 Å². The molecule has 0 fully saturated rings. The number of carbonyl (C=O) groups excluding carboxylic acids is 1. The van der Waals surface area contributed by atoms with E-state index in [0.29, 0.717) is 11.6 Å². The molecule has 4 nitrogen and oxygen atoms in total. The van der Waals surface area contributed by atoms with Crippen molar-refractivity contribution in [2.45, 2.75) is 38.6 Å². The summed E-state index contributed by atoms with van der Waals surface area (Å²) in [5, 5.41) is 12.3. The summed E-state index contributed by atoms with van der Waals surface area (Å²) in [7, 11) is 2.12. The van der Waals surface area contributed by atoms with Crippen molar-refractivity contribution < 1.29 is 4.79 Å². The fraction of sp³-hybridized carbons (Fsp3) is 0.304. The van der Waals surface area contributed by atoms with E-state index in [-0.39, 0.29) is 11.1 Å². The average molecular weight is 438 g/mol. The monoisotopic (exact) mass is 437 g/mol. The van der Waals surface area contributed by atoms with Crippen LogP contribution in [-0.2, 0) is 4.79 Å². The van der Waals surface area contributed by atoms with Gasteiger partial charge in [-0.1, -0.05) is 28.9 Å². The quantitative estimate of drug-likeness (QED) is 0.493. The van der Waals surface area contributed by atoms with Crippen LogP contribution in [0.3, 0.4) is 0 Å². The summed E-state index contributed by atoms with van der Waals surface area (Å²) in [6.07, 6.45) is 2.71. The highest BCUT2D eigenvalue weighted by molar-refractivity contribution is 9.10. The second kappa shape index (κ2) is 7.81. The Labute approximate surface area is 175 Å². The molecule has 0 aromatic heterocycles. The average Bonchev–Trinajstić information content (AvgIpc) is 2.65. The van der Waals surface area contributed by atoms with Crippen molar-refractivity contribution in [2.75, 3.05) is 17.3 Å². The molecule has 1 aliphatic rings. The number of rotatable bonds is 3. The summed E-state index contributed by atoms with van der Waals surface area (Å²) in [6, 6.07) is 15.4. The second-order valence-electron chi connectivity index (χ2n) is 7.93. The van der Waals surface area contributed by atoms with E-state index in [4.69, 9.17) is 0 Å². The van der Waals surface area contributed by atoms with Gasteiger partial charge in [0.15, 0.2) is 0 Å². The molecule has 144 valence electrons. The lowest BCUT2D eigenvalue weighted by Crippen LogP contribution is -2.45. The van der Waals surface area contributed by atoms with E-state index in [9.17, 15) is 10.1 Å². The van der Waals surface area contributed by atoms with Gasteiger partial charge in [0.2, 0.25) is 0 Å². The lowest BCUT2D eigenvalue weighted by molar-refractivity contribution is -0.112. The topological polar surface area (TPSA) is 56.1 Å². The first-order chi connectivity index (χ1) is 13.2. The van der Waals surface area contributed by atoms with Crippen LogP contribution >= 0.6 is 15.9 Å². The molecule has 5 heteroatoms. The molecule has 0 bridgehead atoms. The number of nitriles is 1. The smallest absolute Gasteiger partial charge is 0.266 e. The van der Waals surface area contributed by atoms with Crippen LogP contribution in [0.15, 0.2) is 52.5 Å². The van der Waals surface area contributed by atoms with Gasteiger partial charge < -0.3 is 10.2 Å². The van der Waals surface area contributed by atoms with E-state index in [1.807, 2.05) is 24.3 Å². The molecule has 2 aromatic carbocycles. The largest absolute Gasteiger partial charge is 0.369 e. The second-order valence-corrected chi connectivity index (χ2v) is 8.84. The third-order valence-corrected chi connectivity index (χ3v) is 5.96. The first-order valence-electron chi connectivity index (χ1n) is 9.28. The Bertz CT molecular complexity index is 970. The maximum absolute atomic E-state index is 12.5. The molecule has 0 saturated heterocycles. The molecule has 1 heterocycles. The minimum absolute atomic E-state index is 0.0833. The summed E-state index contributed by atoms with van der Waals surface area (Å²) in [4.78, 5) is 14.8. The summed E-state index contributed by atoms with van der Waals surface area (Å²) in [5.74, 6) is 0.00511. The molecule has 0 radical (unpaired) electrons. The molecule has 2 aromatic rings. The number of nitrogens with zero attached hydrogens (tertiary/aromatic N) is 2. The Balaban J connectivity index is 1.87. The van der Waals surface area contributed by atoms with Gasteiger partial charge in [-0.15, -0.1) is 0 Å². The summed E-state index contributed by atoms with van der Waals surface area (Å²) in [6.45, 7) is 6.73. The fourth-order valence-electron chi connectivity index (χ4n) is 3.73. The SMILES string of the molecule is CC1CC(C)(C)N(C)c2ccc(/C=C(\C#N)C(=O)Nc3ccc(Br)cc3)cc21. The van der Waals surface area contributed by atoms with E-state index >= 15 is 0 Å². The highest BCUT2D eigenvalue weighted by Gasteiger charge is 2.33. The third-order valence-electron chi connectivity index (χ3n) is 5.44. The summed E-state index contributed by atoms with van der Waals surface area (Å²) < 4.78 is 0.929. The van der Waals surface area contributed by atoms with Gasteiger partial charge in [0.05, 0.1) is 0 Å². The lowest BCUT2D eigenvalue weighted by Gasteiger charge is -2.45. The molecule has 1 amide bonds. The molecule has 1 atom stereocenters. The van der Waals surface area contributed by atoms with E-state index in [1.165, 1.54) is 11.3 Å². The van der Waals surface area contributed by atoms with Gasteiger partial charge in [0, 0.05) is 28.4 Å². The Morgan fingerprint density at radius 2 is 1.96 bits per heavy atom. The molecule has 0 spiro atoms. The summed E-state index contributed by atoms with van der Waals surface area (Å²) >= 11 is 3.36. The van der Waals surface area contributed by atoms with Gasteiger partial charge in [0.1, 0.15) is 11.6 Å². The maximum Gasteiger partial charge on any atom is 0.266 e. The number of amides is 1. The first kappa shape index (κ1) is 20.2. The first-order valence-corrected chi connectivity index (χ1v) is 10.1. The zero-order valence-electron chi connectivity index (χ0n) is 16.6. The zero-order valence-corrected chi connectivity index (χ0v) is 18.2. The minimum atomic E-state index is -0.408. The van der Waals surface area contributed by atoms with Crippen molar-refractivity contribution in [3.8, 4) is 6.07 Å². The standard InChI is InChI=1S/C23H24BrN3O/c1-15-13-23(2,3)27(4)21-10-5-16(12-20(15)21)11-17(14-25)22(28)26-19-8-6-18(24)7-9-19/h5-12,15H,13H2,1-4H3,(H,26,28)/b17-11+. The van der Waals surface area contributed by atoms with E-state index in [0.717, 1.165) is 16.5 Å². The minimum Gasteiger partial charge on any atom is -0.369 e. The normalized spacial score (nSPS) is 18.2. The number of hydrogen-bond donors (Lipinski definition) is 1. The Morgan fingerprint density at radius 3 is 2.61 bits per heavy atom. The molecule has 28 heavy (non-hydrogen) atoms. The number of anilines is 2. The Morgan fingerprint density at radius 1 is 1.29 bits per heavy atom. The van der Waals surface area contributed by atoms with Crippen LogP contribution in [0.1, 0.15) is 44.2 Å². The number of fused-ring (bicyclic) bond motifs is 1. The number of nitrogens with one attached hydrogen (secondary N) is 1. The highest BCUT2D eigenvalue weighted by atomic mass is 79.9. The van der Waals surface area contributed by atoms with Crippen LogP contribution < -0.4 is 10.2 Å². The van der Waals surface area contributed by atoms with E-state index in [2.05, 4.69) is 66.1 Å². The predicted octanol–water partition coefficient (Wildman–Crippen LogP) is 5.72.